The molecule has 1 aliphatic heterocycles. The van der Waals surface area contributed by atoms with Crippen molar-refractivity contribution in [3.05, 3.63) is 29.3 Å². The van der Waals surface area contributed by atoms with Gasteiger partial charge in [-0.05, 0) is 31.0 Å². The van der Waals surface area contributed by atoms with E-state index in [4.69, 9.17) is 19.5 Å². The maximum Gasteiger partial charge on any atom is 0.306 e. The molecule has 1 aromatic rings. The van der Waals surface area contributed by atoms with Crippen LogP contribution in [0.3, 0.4) is 0 Å². The molecule has 1 aromatic carbocycles. The molecule has 0 unspecified atom stereocenters. The first-order valence-corrected chi connectivity index (χ1v) is 6.66. The van der Waals surface area contributed by atoms with Crippen LogP contribution in [0, 0.1) is 11.3 Å². The van der Waals surface area contributed by atoms with Crippen LogP contribution in [-0.4, -0.2) is 31.9 Å². The van der Waals surface area contributed by atoms with E-state index in [9.17, 15) is 4.79 Å². The van der Waals surface area contributed by atoms with Crippen LogP contribution in [0.5, 0.6) is 5.75 Å². The normalized spacial score (nSPS) is 16.3. The van der Waals surface area contributed by atoms with E-state index in [2.05, 4.69) is 6.07 Å². The van der Waals surface area contributed by atoms with E-state index in [-0.39, 0.29) is 12.1 Å². The van der Waals surface area contributed by atoms with Crippen molar-refractivity contribution in [2.75, 3.05) is 19.8 Å². The summed E-state index contributed by atoms with van der Waals surface area (Å²) in [5, 5.41) is 9.13. The highest BCUT2D eigenvalue weighted by Gasteiger charge is 2.23. The quantitative estimate of drug-likeness (QED) is 0.560. The van der Waals surface area contributed by atoms with E-state index in [1.807, 2.05) is 6.07 Å². The number of hydrogen-bond donors (Lipinski definition) is 0. The zero-order chi connectivity index (χ0) is 14.4. The zero-order valence-corrected chi connectivity index (χ0v) is 11.4. The highest BCUT2D eigenvalue weighted by Crippen LogP contribution is 2.22. The molecule has 1 aliphatic rings. The average Bonchev–Trinajstić information content (AvgIpc) is 3.27. The molecular weight excluding hydrogens is 258 g/mol. The van der Waals surface area contributed by atoms with Gasteiger partial charge in [0.25, 0.3) is 0 Å². The van der Waals surface area contributed by atoms with E-state index in [0.717, 1.165) is 12.2 Å². The number of epoxide rings is 1. The van der Waals surface area contributed by atoms with Gasteiger partial charge in [-0.3, -0.25) is 4.79 Å². The predicted octanol–water partition coefficient (Wildman–Crippen LogP) is 1.83. The monoisotopic (exact) mass is 275 g/mol. The first-order valence-electron chi connectivity index (χ1n) is 6.66. The number of benzene rings is 1. The fraction of sp³-hybridized carbons (Fsp3) is 0.467. The summed E-state index contributed by atoms with van der Waals surface area (Å²) in [5.74, 6) is 0.333. The fourth-order valence-electron chi connectivity index (χ4n) is 1.77. The van der Waals surface area contributed by atoms with Gasteiger partial charge in [0.15, 0.2) is 0 Å². The number of nitrogens with zero attached hydrogens (tertiary/aromatic N) is 1. The van der Waals surface area contributed by atoms with Crippen LogP contribution in [0.2, 0.25) is 0 Å². The minimum atomic E-state index is -0.225. The van der Waals surface area contributed by atoms with Gasteiger partial charge in [-0.25, -0.2) is 0 Å². The molecule has 1 fully saturated rings. The number of nitriles is 1. The first kappa shape index (κ1) is 14.4. The molecule has 20 heavy (non-hydrogen) atoms. The van der Waals surface area contributed by atoms with E-state index in [1.165, 1.54) is 0 Å². The molecule has 106 valence electrons. The Morgan fingerprint density at radius 1 is 1.55 bits per heavy atom. The Hall–Kier alpha value is -2.06. The molecule has 1 atom stereocenters. The maximum atomic E-state index is 11.3. The molecule has 1 saturated heterocycles. The third kappa shape index (κ3) is 4.25. The van der Waals surface area contributed by atoms with Gasteiger partial charge < -0.3 is 14.2 Å². The van der Waals surface area contributed by atoms with E-state index in [1.54, 1.807) is 19.1 Å². The van der Waals surface area contributed by atoms with Crippen LogP contribution in [-0.2, 0) is 20.7 Å². The van der Waals surface area contributed by atoms with Crippen LogP contribution in [0.25, 0.3) is 0 Å². The fourth-order valence-corrected chi connectivity index (χ4v) is 1.77. The smallest absolute Gasteiger partial charge is 0.306 e. The zero-order valence-electron chi connectivity index (χ0n) is 11.4. The number of esters is 1. The summed E-state index contributed by atoms with van der Waals surface area (Å²) in [6.07, 6.45) is 1.03. The molecule has 0 amide bonds. The number of hydrogen-bond acceptors (Lipinski definition) is 5. The SMILES string of the molecule is CCOC(=O)CCc1ccc(OC[C@H]2CO2)c(C#N)c1. The third-order valence-electron chi connectivity index (χ3n) is 2.91. The van der Waals surface area contributed by atoms with Crippen LogP contribution >= 0.6 is 0 Å². The topological polar surface area (TPSA) is 71.8 Å². The number of carbonyl (C=O) groups excluding carboxylic acids is 1. The van der Waals surface area contributed by atoms with Gasteiger partial charge in [0.1, 0.15) is 24.5 Å². The summed E-state index contributed by atoms with van der Waals surface area (Å²) in [7, 11) is 0. The Kier molecular flexibility index (Phi) is 4.97. The molecule has 0 aromatic heterocycles. The lowest BCUT2D eigenvalue weighted by molar-refractivity contribution is -0.143. The second-order valence-corrected chi connectivity index (χ2v) is 4.51. The maximum absolute atomic E-state index is 11.3. The van der Waals surface area contributed by atoms with Gasteiger partial charge >= 0.3 is 5.97 Å². The molecule has 2 rings (SSSR count). The Morgan fingerprint density at radius 3 is 3.00 bits per heavy atom. The number of aryl methyl sites for hydroxylation is 1. The lowest BCUT2D eigenvalue weighted by Crippen LogP contribution is -2.07. The molecule has 0 spiro atoms. The summed E-state index contributed by atoms with van der Waals surface area (Å²) in [6, 6.07) is 7.49. The summed E-state index contributed by atoms with van der Waals surface area (Å²) >= 11 is 0. The highest BCUT2D eigenvalue weighted by molar-refractivity contribution is 5.69. The van der Waals surface area contributed by atoms with E-state index < -0.39 is 0 Å². The lowest BCUT2D eigenvalue weighted by Gasteiger charge is -2.08. The van der Waals surface area contributed by atoms with Crippen molar-refractivity contribution in [2.45, 2.75) is 25.9 Å². The molecule has 0 aliphatic carbocycles. The van der Waals surface area contributed by atoms with Crippen LogP contribution in [0.15, 0.2) is 18.2 Å². The average molecular weight is 275 g/mol. The Labute approximate surface area is 118 Å². The summed E-state index contributed by atoms with van der Waals surface area (Å²) in [5.41, 5.74) is 1.40. The van der Waals surface area contributed by atoms with Gasteiger partial charge in [-0.1, -0.05) is 6.07 Å². The summed E-state index contributed by atoms with van der Waals surface area (Å²) < 4.78 is 15.5. The second kappa shape index (κ2) is 6.92. The van der Waals surface area contributed by atoms with Gasteiger partial charge in [0.2, 0.25) is 0 Å². The van der Waals surface area contributed by atoms with Crippen molar-refractivity contribution in [1.82, 2.24) is 0 Å². The molecular formula is C15H17NO4. The van der Waals surface area contributed by atoms with Crippen molar-refractivity contribution in [1.29, 1.82) is 5.26 Å². The molecule has 0 radical (unpaired) electrons. The molecule has 0 bridgehead atoms. The molecule has 5 nitrogen and oxygen atoms in total. The highest BCUT2D eigenvalue weighted by atomic mass is 16.6. The van der Waals surface area contributed by atoms with Gasteiger partial charge in [0.05, 0.1) is 18.8 Å². The van der Waals surface area contributed by atoms with Crippen molar-refractivity contribution >= 4 is 5.97 Å². The standard InChI is InChI=1S/C15H17NO4/c1-2-18-15(17)6-4-11-3-5-14(12(7-11)8-16)20-10-13-9-19-13/h3,5,7,13H,2,4,6,9-10H2,1H3/t13-/m1/s1. The predicted molar refractivity (Wildman–Crippen MR) is 71.3 cm³/mol. The first-order chi connectivity index (χ1) is 9.72. The minimum Gasteiger partial charge on any atom is -0.489 e. The molecule has 0 saturated carbocycles. The number of carbonyl (C=O) groups is 1. The van der Waals surface area contributed by atoms with Crippen LogP contribution in [0.4, 0.5) is 0 Å². The molecule has 1 heterocycles. The minimum absolute atomic E-state index is 0.157. The lowest BCUT2D eigenvalue weighted by atomic mass is 10.1. The molecule has 0 N–H and O–H groups in total. The van der Waals surface area contributed by atoms with Crippen molar-refractivity contribution < 1.29 is 19.0 Å². The summed E-state index contributed by atoms with van der Waals surface area (Å²) in [6.45, 7) is 3.36. The van der Waals surface area contributed by atoms with Crippen LogP contribution in [0.1, 0.15) is 24.5 Å². The number of rotatable bonds is 7. The number of ether oxygens (including phenoxy) is 3. The molecule has 5 heteroatoms. The van der Waals surface area contributed by atoms with Gasteiger partial charge in [-0.2, -0.15) is 5.26 Å². The Bertz CT molecular complexity index is 517. The van der Waals surface area contributed by atoms with Crippen molar-refractivity contribution in [3.8, 4) is 11.8 Å². The van der Waals surface area contributed by atoms with Gasteiger partial charge in [-0.15, -0.1) is 0 Å². The Morgan fingerprint density at radius 2 is 2.35 bits per heavy atom. The Balaban J connectivity index is 1.93. The van der Waals surface area contributed by atoms with Crippen LogP contribution < -0.4 is 4.74 Å². The van der Waals surface area contributed by atoms with Crippen molar-refractivity contribution in [3.63, 3.8) is 0 Å². The van der Waals surface area contributed by atoms with E-state index in [0.29, 0.717) is 37.4 Å². The second-order valence-electron chi connectivity index (χ2n) is 4.51. The largest absolute Gasteiger partial charge is 0.489 e. The van der Waals surface area contributed by atoms with Crippen molar-refractivity contribution in [2.24, 2.45) is 0 Å². The summed E-state index contributed by atoms with van der Waals surface area (Å²) in [4.78, 5) is 11.3. The van der Waals surface area contributed by atoms with Gasteiger partial charge in [0, 0.05) is 6.42 Å². The third-order valence-corrected chi connectivity index (χ3v) is 2.91. The van der Waals surface area contributed by atoms with E-state index >= 15 is 0 Å².